The van der Waals surface area contributed by atoms with Gasteiger partial charge in [-0.3, -0.25) is 4.79 Å². The van der Waals surface area contributed by atoms with Crippen molar-refractivity contribution < 1.29 is 23.8 Å². The number of rotatable bonds is 5. The van der Waals surface area contributed by atoms with Gasteiger partial charge >= 0.3 is 5.97 Å². The summed E-state index contributed by atoms with van der Waals surface area (Å²) in [6.07, 6.45) is 1.60. The number of ether oxygens (including phenoxy) is 3. The van der Waals surface area contributed by atoms with Crippen LogP contribution in [0, 0.1) is 6.92 Å². The van der Waals surface area contributed by atoms with Gasteiger partial charge in [0.05, 0.1) is 22.2 Å². The Morgan fingerprint density at radius 3 is 2.67 bits per heavy atom. The molecule has 7 heteroatoms. The monoisotopic (exact) mass is 406 g/mol. The summed E-state index contributed by atoms with van der Waals surface area (Å²) in [5, 5.41) is 0.819. The van der Waals surface area contributed by atoms with Crippen LogP contribution in [0.2, 0.25) is 10.0 Å². The number of fused-ring (bicyclic) bond motifs is 1. The zero-order chi connectivity index (χ0) is 19.6. The lowest BCUT2D eigenvalue weighted by Crippen LogP contribution is -2.14. The van der Waals surface area contributed by atoms with Crippen molar-refractivity contribution in [3.63, 3.8) is 0 Å². The molecule has 0 aromatic heterocycles. The van der Waals surface area contributed by atoms with Gasteiger partial charge in [0, 0.05) is 6.07 Å². The van der Waals surface area contributed by atoms with Gasteiger partial charge in [0.1, 0.15) is 11.5 Å². The molecule has 0 fully saturated rings. The van der Waals surface area contributed by atoms with E-state index in [0.29, 0.717) is 38.2 Å². The second-order valence-corrected chi connectivity index (χ2v) is 6.63. The number of carbonyl (C=O) groups is 2. The predicted octanol–water partition coefficient (Wildman–Crippen LogP) is 4.86. The van der Waals surface area contributed by atoms with Crippen molar-refractivity contribution in [3.8, 4) is 11.5 Å². The third-order valence-corrected chi connectivity index (χ3v) is 4.59. The summed E-state index contributed by atoms with van der Waals surface area (Å²) in [6, 6.07) is 8.30. The first kappa shape index (κ1) is 19.3. The van der Waals surface area contributed by atoms with Gasteiger partial charge in [-0.2, -0.15) is 0 Å². The van der Waals surface area contributed by atoms with Gasteiger partial charge < -0.3 is 14.2 Å². The molecule has 2 aromatic rings. The molecule has 2 aromatic carbocycles. The topological polar surface area (TPSA) is 61.8 Å². The first-order chi connectivity index (χ1) is 12.9. The van der Waals surface area contributed by atoms with Crippen LogP contribution in [0.15, 0.2) is 36.1 Å². The molecular weight excluding hydrogens is 391 g/mol. The standard InChI is InChI=1S/C20H16Cl2O5/c1-3-25-18(23)10-26-13-6-11(2)19-16(9-13)27-17(20(19)24)8-12-4-5-14(21)15(22)7-12/h4-9H,3,10H2,1-2H3/b17-8-. The molecule has 0 radical (unpaired) electrons. The van der Waals surface area contributed by atoms with Crippen LogP contribution >= 0.6 is 23.2 Å². The molecule has 1 aliphatic heterocycles. The maximum absolute atomic E-state index is 12.7. The molecule has 0 saturated carbocycles. The normalized spacial score (nSPS) is 14.1. The van der Waals surface area contributed by atoms with E-state index in [1.807, 2.05) is 0 Å². The quantitative estimate of drug-likeness (QED) is 0.523. The Hall–Kier alpha value is -2.50. The Morgan fingerprint density at radius 2 is 1.96 bits per heavy atom. The highest BCUT2D eigenvalue weighted by atomic mass is 35.5. The predicted molar refractivity (Wildman–Crippen MR) is 103 cm³/mol. The van der Waals surface area contributed by atoms with Crippen LogP contribution in [-0.2, 0) is 9.53 Å². The lowest BCUT2D eigenvalue weighted by molar-refractivity contribution is -0.145. The van der Waals surface area contributed by atoms with Gasteiger partial charge in [0.25, 0.3) is 0 Å². The second-order valence-electron chi connectivity index (χ2n) is 5.82. The summed E-state index contributed by atoms with van der Waals surface area (Å²) in [5.41, 5.74) is 1.84. The van der Waals surface area contributed by atoms with Crippen molar-refractivity contribution in [2.75, 3.05) is 13.2 Å². The number of hydrogen-bond acceptors (Lipinski definition) is 5. The molecule has 0 bridgehead atoms. The van der Waals surface area contributed by atoms with Gasteiger partial charge in [-0.15, -0.1) is 0 Å². The van der Waals surface area contributed by atoms with E-state index in [2.05, 4.69) is 0 Å². The van der Waals surface area contributed by atoms with Crippen molar-refractivity contribution >= 4 is 41.0 Å². The highest BCUT2D eigenvalue weighted by Crippen LogP contribution is 2.37. The van der Waals surface area contributed by atoms with Gasteiger partial charge in [0.2, 0.25) is 5.78 Å². The van der Waals surface area contributed by atoms with Crippen LogP contribution in [0.1, 0.15) is 28.4 Å². The van der Waals surface area contributed by atoms with Crippen LogP contribution in [0.5, 0.6) is 11.5 Å². The fraction of sp³-hybridized carbons (Fsp3) is 0.200. The lowest BCUT2D eigenvalue weighted by Gasteiger charge is -2.08. The van der Waals surface area contributed by atoms with E-state index in [1.54, 1.807) is 50.3 Å². The Morgan fingerprint density at radius 1 is 1.19 bits per heavy atom. The molecule has 0 amide bonds. The Bertz CT molecular complexity index is 950. The third kappa shape index (κ3) is 4.26. The van der Waals surface area contributed by atoms with Crippen molar-refractivity contribution in [1.29, 1.82) is 0 Å². The summed E-state index contributed by atoms with van der Waals surface area (Å²) < 4.78 is 16.0. The van der Waals surface area contributed by atoms with E-state index in [-0.39, 0.29) is 24.8 Å². The van der Waals surface area contributed by atoms with E-state index >= 15 is 0 Å². The number of ketones is 1. The summed E-state index contributed by atoms with van der Waals surface area (Å²) in [7, 11) is 0. The van der Waals surface area contributed by atoms with E-state index < -0.39 is 5.97 Å². The Kier molecular flexibility index (Phi) is 5.73. The molecule has 140 valence electrons. The summed E-state index contributed by atoms with van der Waals surface area (Å²) in [5.74, 6) is 0.278. The fourth-order valence-electron chi connectivity index (χ4n) is 2.66. The van der Waals surface area contributed by atoms with Crippen molar-refractivity contribution in [2.45, 2.75) is 13.8 Å². The number of allylic oxidation sites excluding steroid dienone is 1. The van der Waals surface area contributed by atoms with E-state index in [9.17, 15) is 9.59 Å². The SMILES string of the molecule is CCOC(=O)COc1cc(C)c2c(c1)O/C(=C\c1ccc(Cl)c(Cl)c1)C2=O. The van der Waals surface area contributed by atoms with E-state index in [4.69, 9.17) is 37.4 Å². The lowest BCUT2D eigenvalue weighted by atomic mass is 10.0. The zero-order valence-electron chi connectivity index (χ0n) is 14.7. The summed E-state index contributed by atoms with van der Waals surface area (Å²) in [4.78, 5) is 24.1. The molecule has 3 rings (SSSR count). The zero-order valence-corrected chi connectivity index (χ0v) is 16.2. The minimum absolute atomic E-state index is 0.175. The van der Waals surface area contributed by atoms with Gasteiger partial charge in [-0.05, 0) is 49.2 Å². The molecular formula is C20H16Cl2O5. The number of carbonyl (C=O) groups excluding carboxylic acids is 2. The molecule has 0 atom stereocenters. The van der Waals surface area contributed by atoms with E-state index in [0.717, 1.165) is 0 Å². The minimum atomic E-state index is -0.465. The molecule has 1 aliphatic rings. The van der Waals surface area contributed by atoms with E-state index in [1.165, 1.54) is 0 Å². The van der Waals surface area contributed by atoms with Crippen molar-refractivity contribution in [1.82, 2.24) is 0 Å². The van der Waals surface area contributed by atoms with Crippen LogP contribution in [0.3, 0.4) is 0 Å². The van der Waals surface area contributed by atoms with Crippen molar-refractivity contribution in [3.05, 3.63) is 62.8 Å². The fourth-order valence-corrected chi connectivity index (χ4v) is 2.97. The molecule has 0 aliphatic carbocycles. The maximum Gasteiger partial charge on any atom is 0.344 e. The number of aryl methyl sites for hydroxylation is 1. The third-order valence-electron chi connectivity index (χ3n) is 3.85. The molecule has 0 unspecified atom stereocenters. The van der Waals surface area contributed by atoms with Crippen LogP contribution < -0.4 is 9.47 Å². The number of benzene rings is 2. The molecule has 5 nitrogen and oxygen atoms in total. The summed E-state index contributed by atoms with van der Waals surface area (Å²) >= 11 is 11.9. The highest BCUT2D eigenvalue weighted by Gasteiger charge is 2.30. The minimum Gasteiger partial charge on any atom is -0.482 e. The molecule has 0 spiro atoms. The largest absolute Gasteiger partial charge is 0.482 e. The number of Topliss-reactive ketones (excluding diaryl/α,β-unsaturated/α-hetero) is 1. The Balaban J connectivity index is 1.83. The van der Waals surface area contributed by atoms with Crippen LogP contribution in [0.4, 0.5) is 0 Å². The summed E-state index contributed by atoms with van der Waals surface area (Å²) in [6.45, 7) is 3.57. The highest BCUT2D eigenvalue weighted by molar-refractivity contribution is 6.42. The molecule has 0 N–H and O–H groups in total. The van der Waals surface area contributed by atoms with Gasteiger partial charge in [-0.1, -0.05) is 29.3 Å². The number of esters is 1. The van der Waals surface area contributed by atoms with Crippen molar-refractivity contribution in [2.24, 2.45) is 0 Å². The molecule has 27 heavy (non-hydrogen) atoms. The average Bonchev–Trinajstić information content (AvgIpc) is 2.93. The van der Waals surface area contributed by atoms with Crippen LogP contribution in [0.25, 0.3) is 6.08 Å². The first-order valence-corrected chi connectivity index (χ1v) is 8.97. The number of halogens is 2. The van der Waals surface area contributed by atoms with Gasteiger partial charge in [0.15, 0.2) is 12.4 Å². The first-order valence-electron chi connectivity index (χ1n) is 8.21. The molecule has 0 saturated heterocycles. The Labute approximate surface area is 166 Å². The smallest absolute Gasteiger partial charge is 0.344 e. The maximum atomic E-state index is 12.7. The second kappa shape index (κ2) is 8.03. The van der Waals surface area contributed by atoms with Gasteiger partial charge in [-0.25, -0.2) is 4.79 Å². The number of hydrogen-bond donors (Lipinski definition) is 0. The average molecular weight is 407 g/mol. The molecule has 1 heterocycles. The van der Waals surface area contributed by atoms with Crippen LogP contribution in [-0.4, -0.2) is 25.0 Å².